The van der Waals surface area contributed by atoms with Crippen molar-refractivity contribution in [2.24, 2.45) is 5.10 Å². The van der Waals surface area contributed by atoms with Crippen LogP contribution in [-0.4, -0.2) is 18.7 Å². The van der Waals surface area contributed by atoms with E-state index in [4.69, 9.17) is 0 Å². The van der Waals surface area contributed by atoms with Gasteiger partial charge in [0, 0.05) is 5.56 Å². The molecule has 0 aliphatic heterocycles. The standard InChI is InChI=1S/C15H14N2O3S/c18-21(19,20)13-8-6-12(7-9-13)16-17-15-10-5-11-3-1-2-4-14(11)15/h1-4,6-9,16H,5,10H2,(H,18,19,20)/p-1/b17-15+. The number of nitrogens with one attached hydrogen (secondary N) is 1. The predicted molar refractivity (Wildman–Crippen MR) is 79.3 cm³/mol. The van der Waals surface area contributed by atoms with E-state index in [-0.39, 0.29) is 4.90 Å². The SMILES string of the molecule is O=S(=O)([O-])c1ccc(N/N=C2\CCc3ccccc32)cc1. The number of nitrogens with zero attached hydrogens (tertiary/aromatic N) is 1. The van der Waals surface area contributed by atoms with Gasteiger partial charge in [0.25, 0.3) is 0 Å². The Balaban J connectivity index is 1.78. The molecule has 0 saturated heterocycles. The third kappa shape index (κ3) is 2.96. The van der Waals surface area contributed by atoms with Crippen LogP contribution < -0.4 is 5.43 Å². The smallest absolute Gasteiger partial charge is 0.124 e. The van der Waals surface area contributed by atoms with E-state index in [0.29, 0.717) is 5.69 Å². The molecule has 0 saturated carbocycles. The molecule has 0 bridgehead atoms. The minimum Gasteiger partial charge on any atom is -0.744 e. The molecule has 0 spiro atoms. The van der Waals surface area contributed by atoms with Gasteiger partial charge in [0.15, 0.2) is 0 Å². The Labute approximate surface area is 123 Å². The van der Waals surface area contributed by atoms with Crippen molar-refractivity contribution >= 4 is 21.5 Å². The van der Waals surface area contributed by atoms with E-state index in [1.54, 1.807) is 0 Å². The molecule has 0 fully saturated rings. The number of hydrogen-bond donors (Lipinski definition) is 1. The van der Waals surface area contributed by atoms with Gasteiger partial charge in [-0.15, -0.1) is 0 Å². The first-order valence-corrected chi connectivity index (χ1v) is 7.92. The van der Waals surface area contributed by atoms with Gasteiger partial charge in [-0.25, -0.2) is 8.42 Å². The molecule has 3 rings (SSSR count). The summed E-state index contributed by atoms with van der Waals surface area (Å²) in [7, 11) is -4.40. The second kappa shape index (κ2) is 5.31. The monoisotopic (exact) mass is 301 g/mol. The zero-order valence-corrected chi connectivity index (χ0v) is 11.9. The highest BCUT2D eigenvalue weighted by molar-refractivity contribution is 7.85. The van der Waals surface area contributed by atoms with Crippen molar-refractivity contribution in [2.45, 2.75) is 17.7 Å². The third-order valence-corrected chi connectivity index (χ3v) is 4.27. The lowest BCUT2D eigenvalue weighted by Gasteiger charge is -2.08. The summed E-state index contributed by atoms with van der Waals surface area (Å²) in [4.78, 5) is -0.244. The minimum absolute atomic E-state index is 0.244. The van der Waals surface area contributed by atoms with E-state index < -0.39 is 10.1 Å². The molecule has 1 aliphatic carbocycles. The highest BCUT2D eigenvalue weighted by Gasteiger charge is 2.16. The molecule has 1 aliphatic rings. The molecule has 2 aromatic carbocycles. The van der Waals surface area contributed by atoms with Gasteiger partial charge in [0.1, 0.15) is 10.1 Å². The fourth-order valence-electron chi connectivity index (χ4n) is 2.35. The lowest BCUT2D eigenvalue weighted by molar-refractivity contribution is 0.463. The summed E-state index contributed by atoms with van der Waals surface area (Å²) in [5.74, 6) is 0. The molecule has 108 valence electrons. The van der Waals surface area contributed by atoms with Crippen molar-refractivity contribution in [1.82, 2.24) is 0 Å². The van der Waals surface area contributed by atoms with Crippen LogP contribution in [0.4, 0.5) is 5.69 Å². The molecule has 0 heterocycles. The maximum atomic E-state index is 10.8. The van der Waals surface area contributed by atoms with Crippen molar-refractivity contribution in [3.8, 4) is 0 Å². The van der Waals surface area contributed by atoms with Crippen LogP contribution in [0, 0.1) is 0 Å². The average Bonchev–Trinajstić information content (AvgIpc) is 2.88. The summed E-state index contributed by atoms with van der Waals surface area (Å²) in [6.45, 7) is 0. The molecule has 5 nitrogen and oxygen atoms in total. The van der Waals surface area contributed by atoms with Crippen LogP contribution in [0.15, 0.2) is 58.5 Å². The quantitative estimate of drug-likeness (QED) is 0.697. The highest BCUT2D eigenvalue weighted by atomic mass is 32.2. The molecule has 21 heavy (non-hydrogen) atoms. The molecular formula is C15H13N2O3S-. The van der Waals surface area contributed by atoms with Gasteiger partial charge in [0.05, 0.1) is 16.3 Å². The third-order valence-electron chi connectivity index (χ3n) is 3.42. The van der Waals surface area contributed by atoms with Gasteiger partial charge in [0.2, 0.25) is 0 Å². The first-order valence-electron chi connectivity index (χ1n) is 6.51. The molecule has 0 radical (unpaired) electrons. The molecule has 0 aromatic heterocycles. The maximum absolute atomic E-state index is 10.8. The van der Waals surface area contributed by atoms with E-state index in [0.717, 1.165) is 24.1 Å². The van der Waals surface area contributed by atoms with Crippen LogP contribution in [0.25, 0.3) is 0 Å². The topological polar surface area (TPSA) is 81.6 Å². The van der Waals surface area contributed by atoms with E-state index >= 15 is 0 Å². The molecule has 0 amide bonds. The average molecular weight is 301 g/mol. The van der Waals surface area contributed by atoms with Crippen molar-refractivity contribution in [1.29, 1.82) is 0 Å². The van der Waals surface area contributed by atoms with Crippen LogP contribution in [0.2, 0.25) is 0 Å². The first kappa shape index (κ1) is 13.8. The largest absolute Gasteiger partial charge is 0.744 e. The van der Waals surface area contributed by atoms with Crippen LogP contribution in [0.1, 0.15) is 17.5 Å². The molecule has 1 N–H and O–H groups in total. The summed E-state index contributed by atoms with van der Waals surface area (Å²) in [6.07, 6.45) is 1.85. The van der Waals surface area contributed by atoms with Crippen molar-refractivity contribution < 1.29 is 13.0 Å². The number of rotatable bonds is 3. The second-order valence-electron chi connectivity index (χ2n) is 4.81. The van der Waals surface area contributed by atoms with E-state index in [9.17, 15) is 13.0 Å². The Morgan fingerprint density at radius 2 is 1.71 bits per heavy atom. The van der Waals surface area contributed by atoms with Crippen LogP contribution in [-0.2, 0) is 16.5 Å². The number of hydrazone groups is 1. The summed E-state index contributed by atoms with van der Waals surface area (Å²) in [6, 6.07) is 13.7. The Morgan fingerprint density at radius 1 is 1.00 bits per heavy atom. The minimum atomic E-state index is -4.40. The number of aryl methyl sites for hydroxylation is 1. The first-order chi connectivity index (χ1) is 10.0. The van der Waals surface area contributed by atoms with E-state index in [1.807, 2.05) is 18.2 Å². The van der Waals surface area contributed by atoms with Gasteiger partial charge in [-0.05, 0) is 42.7 Å². The Morgan fingerprint density at radius 3 is 2.43 bits per heavy atom. The van der Waals surface area contributed by atoms with Crippen molar-refractivity contribution in [3.63, 3.8) is 0 Å². The fraction of sp³-hybridized carbons (Fsp3) is 0.133. The maximum Gasteiger partial charge on any atom is 0.124 e. The van der Waals surface area contributed by atoms with Gasteiger partial charge < -0.3 is 4.55 Å². The zero-order valence-electron chi connectivity index (χ0n) is 11.1. The van der Waals surface area contributed by atoms with Crippen molar-refractivity contribution in [3.05, 3.63) is 59.7 Å². The summed E-state index contributed by atoms with van der Waals surface area (Å²) >= 11 is 0. The second-order valence-corrected chi connectivity index (χ2v) is 6.19. The Hall–Kier alpha value is -2.18. The zero-order chi connectivity index (χ0) is 14.9. The van der Waals surface area contributed by atoms with Crippen LogP contribution in [0.3, 0.4) is 0 Å². The van der Waals surface area contributed by atoms with Gasteiger partial charge in [-0.1, -0.05) is 24.3 Å². The number of anilines is 1. The predicted octanol–water partition coefficient (Wildman–Crippen LogP) is 2.35. The van der Waals surface area contributed by atoms with Gasteiger partial charge in [-0.3, -0.25) is 5.43 Å². The number of benzene rings is 2. The fourth-order valence-corrected chi connectivity index (χ4v) is 2.82. The summed E-state index contributed by atoms with van der Waals surface area (Å²) < 4.78 is 32.5. The Bertz CT molecular complexity index is 796. The summed E-state index contributed by atoms with van der Waals surface area (Å²) in [5, 5.41) is 4.37. The van der Waals surface area contributed by atoms with Gasteiger partial charge >= 0.3 is 0 Å². The van der Waals surface area contributed by atoms with E-state index in [1.165, 1.54) is 29.8 Å². The van der Waals surface area contributed by atoms with Crippen LogP contribution in [0.5, 0.6) is 0 Å². The lowest BCUT2D eigenvalue weighted by atomic mass is 10.1. The number of hydrogen-bond acceptors (Lipinski definition) is 5. The molecule has 0 atom stereocenters. The van der Waals surface area contributed by atoms with E-state index in [2.05, 4.69) is 16.6 Å². The summed E-state index contributed by atoms with van der Waals surface area (Å²) in [5.41, 5.74) is 6.94. The molecular weight excluding hydrogens is 288 g/mol. The lowest BCUT2D eigenvalue weighted by Crippen LogP contribution is -2.01. The van der Waals surface area contributed by atoms with Crippen molar-refractivity contribution in [2.75, 3.05) is 5.43 Å². The molecule has 0 unspecified atom stereocenters. The highest BCUT2D eigenvalue weighted by Crippen LogP contribution is 2.22. The molecule has 6 heteroatoms. The van der Waals surface area contributed by atoms with Gasteiger partial charge in [-0.2, -0.15) is 5.10 Å². The normalized spacial score (nSPS) is 16.0. The number of fused-ring (bicyclic) bond motifs is 1. The molecule has 2 aromatic rings. The Kier molecular flexibility index (Phi) is 3.48. The van der Waals surface area contributed by atoms with Crippen LogP contribution >= 0.6 is 0 Å².